The van der Waals surface area contributed by atoms with Gasteiger partial charge in [0.1, 0.15) is 0 Å². The summed E-state index contributed by atoms with van der Waals surface area (Å²) in [4.78, 5) is 13.4. The topological polar surface area (TPSA) is 70.1 Å². The molecule has 0 aliphatic rings. The van der Waals surface area contributed by atoms with Crippen molar-refractivity contribution in [3.8, 4) is 6.07 Å². The fourth-order valence-electron chi connectivity index (χ4n) is 1.29. The molecule has 0 aliphatic carbocycles. The zero-order chi connectivity index (χ0) is 11.8. The Morgan fingerprint density at radius 1 is 1.53 bits per heavy atom. The van der Waals surface area contributed by atoms with Crippen molar-refractivity contribution in [2.45, 2.75) is 39.7 Å². The molecule has 0 aliphatic heterocycles. The Morgan fingerprint density at radius 2 is 2.13 bits per heavy atom. The van der Waals surface area contributed by atoms with Crippen LogP contribution < -0.4 is 5.73 Å². The first kappa shape index (κ1) is 13.9. The number of nitrogens with zero attached hydrogens (tertiary/aromatic N) is 2. The highest BCUT2D eigenvalue weighted by Crippen LogP contribution is 2.04. The van der Waals surface area contributed by atoms with Gasteiger partial charge in [-0.25, -0.2) is 0 Å². The minimum atomic E-state index is -0.107. The standard InChI is InChI=1S/C11H21N3O/c1-4-14(8-9(2)7-12)11(15)6-5-10(3)13/h9-10H,4-6,8,13H2,1-3H3. The minimum Gasteiger partial charge on any atom is -0.342 e. The Bertz CT molecular complexity index is 232. The van der Waals surface area contributed by atoms with E-state index < -0.39 is 0 Å². The highest BCUT2D eigenvalue weighted by atomic mass is 16.2. The summed E-state index contributed by atoms with van der Waals surface area (Å²) in [6.45, 7) is 6.81. The normalized spacial score (nSPS) is 14.1. The molecule has 0 rings (SSSR count). The van der Waals surface area contributed by atoms with Gasteiger partial charge in [-0.3, -0.25) is 4.79 Å². The zero-order valence-electron chi connectivity index (χ0n) is 9.86. The summed E-state index contributed by atoms with van der Waals surface area (Å²) in [7, 11) is 0. The Labute approximate surface area is 92.0 Å². The molecule has 1 amide bonds. The summed E-state index contributed by atoms with van der Waals surface area (Å²) in [5.74, 6) is -0.0129. The molecule has 4 heteroatoms. The van der Waals surface area contributed by atoms with Crippen LogP contribution in [0, 0.1) is 17.2 Å². The number of amides is 1. The molecular weight excluding hydrogens is 190 g/mol. The summed E-state index contributed by atoms with van der Waals surface area (Å²) in [6, 6.07) is 2.19. The van der Waals surface area contributed by atoms with Gasteiger partial charge in [0.2, 0.25) is 5.91 Å². The second kappa shape index (κ2) is 7.24. The highest BCUT2D eigenvalue weighted by Gasteiger charge is 2.14. The van der Waals surface area contributed by atoms with E-state index in [9.17, 15) is 4.79 Å². The molecule has 0 spiro atoms. The first-order valence-electron chi connectivity index (χ1n) is 5.44. The smallest absolute Gasteiger partial charge is 0.222 e. The summed E-state index contributed by atoms with van der Waals surface area (Å²) >= 11 is 0. The lowest BCUT2D eigenvalue weighted by atomic mass is 10.1. The molecular formula is C11H21N3O. The first-order valence-corrected chi connectivity index (χ1v) is 5.44. The maximum Gasteiger partial charge on any atom is 0.222 e. The third-order valence-corrected chi connectivity index (χ3v) is 2.26. The Morgan fingerprint density at radius 3 is 2.53 bits per heavy atom. The number of nitrogens with two attached hydrogens (primary N) is 1. The van der Waals surface area contributed by atoms with Crippen molar-refractivity contribution in [1.82, 2.24) is 4.90 Å². The molecule has 0 radical (unpaired) electrons. The Kier molecular flexibility index (Phi) is 6.72. The van der Waals surface area contributed by atoms with Gasteiger partial charge in [-0.15, -0.1) is 0 Å². The molecule has 2 unspecified atom stereocenters. The SMILES string of the molecule is CCN(CC(C)C#N)C(=O)CCC(C)N. The van der Waals surface area contributed by atoms with Gasteiger partial charge < -0.3 is 10.6 Å². The summed E-state index contributed by atoms with van der Waals surface area (Å²) in [6.07, 6.45) is 1.18. The maximum absolute atomic E-state index is 11.7. The molecule has 0 aromatic heterocycles. The van der Waals surface area contributed by atoms with Crippen LogP contribution in [0.4, 0.5) is 0 Å². The number of carbonyl (C=O) groups is 1. The molecule has 86 valence electrons. The third-order valence-electron chi connectivity index (χ3n) is 2.26. The van der Waals surface area contributed by atoms with E-state index in [0.717, 1.165) is 0 Å². The van der Waals surface area contributed by atoms with Crippen LogP contribution in [0.1, 0.15) is 33.6 Å². The van der Waals surface area contributed by atoms with Crippen molar-refractivity contribution in [3.05, 3.63) is 0 Å². The second-order valence-corrected chi connectivity index (χ2v) is 3.98. The molecule has 0 heterocycles. The van der Waals surface area contributed by atoms with E-state index in [4.69, 9.17) is 11.0 Å². The van der Waals surface area contributed by atoms with E-state index in [-0.39, 0.29) is 17.9 Å². The number of rotatable bonds is 6. The molecule has 0 bridgehead atoms. The second-order valence-electron chi connectivity index (χ2n) is 3.98. The van der Waals surface area contributed by atoms with E-state index in [0.29, 0.717) is 25.9 Å². The van der Waals surface area contributed by atoms with Gasteiger partial charge in [0.25, 0.3) is 0 Å². The van der Waals surface area contributed by atoms with Gasteiger partial charge in [-0.2, -0.15) is 5.26 Å². The van der Waals surface area contributed by atoms with Crippen LogP contribution in [0.2, 0.25) is 0 Å². The molecule has 2 atom stereocenters. The molecule has 15 heavy (non-hydrogen) atoms. The molecule has 0 saturated heterocycles. The molecule has 0 aromatic rings. The first-order chi connectivity index (χ1) is 7.01. The van der Waals surface area contributed by atoms with Crippen molar-refractivity contribution >= 4 is 5.91 Å². The van der Waals surface area contributed by atoms with Gasteiger partial charge in [0.05, 0.1) is 12.0 Å². The van der Waals surface area contributed by atoms with Crippen molar-refractivity contribution in [2.24, 2.45) is 11.7 Å². The van der Waals surface area contributed by atoms with Gasteiger partial charge in [0.15, 0.2) is 0 Å². The van der Waals surface area contributed by atoms with Crippen molar-refractivity contribution in [1.29, 1.82) is 5.26 Å². The number of carbonyl (C=O) groups excluding carboxylic acids is 1. The van der Waals surface area contributed by atoms with Crippen molar-refractivity contribution in [3.63, 3.8) is 0 Å². The van der Waals surface area contributed by atoms with E-state index in [1.54, 1.807) is 4.90 Å². The highest BCUT2D eigenvalue weighted by molar-refractivity contribution is 5.76. The van der Waals surface area contributed by atoms with Gasteiger partial charge in [-0.05, 0) is 27.2 Å². The summed E-state index contributed by atoms with van der Waals surface area (Å²) in [5, 5.41) is 8.67. The van der Waals surface area contributed by atoms with E-state index in [1.165, 1.54) is 0 Å². The average molecular weight is 211 g/mol. The van der Waals surface area contributed by atoms with Crippen LogP contribution in [-0.4, -0.2) is 29.9 Å². The number of nitriles is 1. The minimum absolute atomic E-state index is 0.0565. The van der Waals surface area contributed by atoms with E-state index in [2.05, 4.69) is 6.07 Å². The molecule has 0 aromatic carbocycles. The zero-order valence-corrected chi connectivity index (χ0v) is 9.86. The monoisotopic (exact) mass is 211 g/mol. The quantitative estimate of drug-likeness (QED) is 0.715. The number of hydrogen-bond donors (Lipinski definition) is 1. The fourth-order valence-corrected chi connectivity index (χ4v) is 1.29. The van der Waals surface area contributed by atoms with Crippen LogP contribution in [0.5, 0.6) is 0 Å². The summed E-state index contributed by atoms with van der Waals surface area (Å²) < 4.78 is 0. The molecule has 0 fully saturated rings. The van der Waals surface area contributed by atoms with Crippen LogP contribution in [0.15, 0.2) is 0 Å². The average Bonchev–Trinajstić information content (AvgIpc) is 2.21. The van der Waals surface area contributed by atoms with Crippen LogP contribution >= 0.6 is 0 Å². The fraction of sp³-hybridized carbons (Fsp3) is 0.818. The lowest BCUT2D eigenvalue weighted by molar-refractivity contribution is -0.131. The van der Waals surface area contributed by atoms with Crippen LogP contribution in [0.25, 0.3) is 0 Å². The van der Waals surface area contributed by atoms with Crippen LogP contribution in [-0.2, 0) is 4.79 Å². The largest absolute Gasteiger partial charge is 0.342 e. The van der Waals surface area contributed by atoms with E-state index >= 15 is 0 Å². The van der Waals surface area contributed by atoms with Crippen LogP contribution in [0.3, 0.4) is 0 Å². The van der Waals surface area contributed by atoms with Crippen molar-refractivity contribution < 1.29 is 4.79 Å². The third kappa shape index (κ3) is 6.08. The lowest BCUT2D eigenvalue weighted by Crippen LogP contribution is -2.35. The number of hydrogen-bond acceptors (Lipinski definition) is 3. The predicted molar refractivity (Wildman–Crippen MR) is 59.9 cm³/mol. The Hall–Kier alpha value is -1.08. The summed E-state index contributed by atoms with van der Waals surface area (Å²) in [5.41, 5.74) is 5.59. The Balaban J connectivity index is 4.06. The van der Waals surface area contributed by atoms with Crippen molar-refractivity contribution in [2.75, 3.05) is 13.1 Å². The predicted octanol–water partition coefficient (Wildman–Crippen LogP) is 1.12. The molecule has 2 N–H and O–H groups in total. The van der Waals surface area contributed by atoms with Gasteiger partial charge in [0, 0.05) is 25.6 Å². The van der Waals surface area contributed by atoms with Gasteiger partial charge >= 0.3 is 0 Å². The molecule has 0 saturated carbocycles. The van der Waals surface area contributed by atoms with E-state index in [1.807, 2.05) is 20.8 Å². The molecule has 4 nitrogen and oxygen atoms in total. The van der Waals surface area contributed by atoms with Gasteiger partial charge in [-0.1, -0.05) is 0 Å². The lowest BCUT2D eigenvalue weighted by Gasteiger charge is -2.22. The maximum atomic E-state index is 11.7.